The lowest BCUT2D eigenvalue weighted by Gasteiger charge is -2.10. The fraction of sp³-hybridized carbons (Fsp3) is 0.0455. The summed E-state index contributed by atoms with van der Waals surface area (Å²) in [6, 6.07) is 22.2. The first-order valence-electron chi connectivity index (χ1n) is 8.10. The molecule has 3 aromatic carbocycles. The Morgan fingerprint density at radius 2 is 1.70 bits per heavy atom. The topological polar surface area (TPSA) is 33.0 Å². The minimum atomic E-state index is 0.370. The molecule has 0 aliphatic heterocycles. The highest BCUT2D eigenvalue weighted by Crippen LogP contribution is 2.30. The van der Waals surface area contributed by atoms with Gasteiger partial charge in [-0.1, -0.05) is 71.2 Å². The number of nitriles is 1. The van der Waals surface area contributed by atoms with Gasteiger partial charge in [0.25, 0.3) is 0 Å². The van der Waals surface area contributed by atoms with Gasteiger partial charge in [-0.15, -0.1) is 0 Å². The highest BCUT2D eigenvalue weighted by molar-refractivity contribution is 6.36. The van der Waals surface area contributed by atoms with Crippen LogP contribution >= 0.6 is 34.8 Å². The van der Waals surface area contributed by atoms with E-state index < -0.39 is 0 Å². The molecule has 0 fully saturated rings. The maximum absolute atomic E-state index is 9.60. The van der Waals surface area contributed by atoms with Crippen LogP contribution < -0.4 is 4.74 Å². The van der Waals surface area contributed by atoms with Crippen LogP contribution in [0.2, 0.25) is 15.1 Å². The molecule has 0 amide bonds. The average molecular weight is 415 g/mol. The van der Waals surface area contributed by atoms with Gasteiger partial charge in [-0.25, -0.2) is 0 Å². The quantitative estimate of drug-likeness (QED) is 0.324. The maximum Gasteiger partial charge on any atom is 0.127 e. The van der Waals surface area contributed by atoms with Crippen LogP contribution in [0.3, 0.4) is 0 Å². The van der Waals surface area contributed by atoms with Crippen LogP contribution in [0.25, 0.3) is 11.6 Å². The number of hydrogen-bond acceptors (Lipinski definition) is 2. The zero-order chi connectivity index (χ0) is 19.2. The van der Waals surface area contributed by atoms with Crippen LogP contribution in [-0.2, 0) is 6.61 Å². The molecule has 0 aliphatic rings. The smallest absolute Gasteiger partial charge is 0.127 e. The number of halogens is 3. The number of rotatable bonds is 5. The van der Waals surface area contributed by atoms with E-state index >= 15 is 0 Å². The summed E-state index contributed by atoms with van der Waals surface area (Å²) in [5.74, 6) is 0.662. The lowest BCUT2D eigenvalue weighted by Crippen LogP contribution is -1.97. The first-order valence-corrected chi connectivity index (χ1v) is 9.23. The molecule has 0 aliphatic carbocycles. The Morgan fingerprint density at radius 3 is 2.44 bits per heavy atom. The van der Waals surface area contributed by atoms with Gasteiger partial charge in [0.1, 0.15) is 12.4 Å². The van der Waals surface area contributed by atoms with Crippen molar-refractivity contribution >= 4 is 46.5 Å². The third-order valence-electron chi connectivity index (χ3n) is 3.84. The summed E-state index contributed by atoms with van der Waals surface area (Å²) in [6.45, 7) is 0.370. The van der Waals surface area contributed by atoms with Crippen LogP contribution in [0, 0.1) is 11.3 Å². The van der Waals surface area contributed by atoms with E-state index in [-0.39, 0.29) is 0 Å². The van der Waals surface area contributed by atoms with Crippen molar-refractivity contribution in [2.45, 2.75) is 6.61 Å². The molecule has 134 valence electrons. The van der Waals surface area contributed by atoms with Crippen LogP contribution in [0.5, 0.6) is 5.75 Å². The van der Waals surface area contributed by atoms with E-state index in [9.17, 15) is 5.26 Å². The predicted molar refractivity (Wildman–Crippen MR) is 112 cm³/mol. The van der Waals surface area contributed by atoms with Crippen molar-refractivity contribution < 1.29 is 4.74 Å². The van der Waals surface area contributed by atoms with Crippen molar-refractivity contribution in [3.63, 3.8) is 0 Å². The van der Waals surface area contributed by atoms with Gasteiger partial charge in [0.15, 0.2) is 0 Å². The van der Waals surface area contributed by atoms with Gasteiger partial charge in [-0.3, -0.25) is 0 Å². The van der Waals surface area contributed by atoms with E-state index in [0.717, 1.165) is 11.1 Å². The molecule has 0 saturated carbocycles. The first kappa shape index (κ1) is 19.3. The normalized spacial score (nSPS) is 11.1. The number of allylic oxidation sites excluding steroid dienone is 1. The molecule has 3 rings (SSSR count). The summed E-state index contributed by atoms with van der Waals surface area (Å²) in [6.07, 6.45) is 1.75. The summed E-state index contributed by atoms with van der Waals surface area (Å²) in [5, 5.41) is 11.2. The van der Waals surface area contributed by atoms with E-state index in [4.69, 9.17) is 39.5 Å². The molecular formula is C22H14Cl3NO. The molecule has 0 heterocycles. The summed E-state index contributed by atoms with van der Waals surface area (Å²) in [7, 11) is 0. The molecule has 0 N–H and O–H groups in total. The van der Waals surface area contributed by atoms with Crippen molar-refractivity contribution in [3.05, 3.63) is 98.5 Å². The molecule has 3 aromatic rings. The predicted octanol–water partition coefficient (Wildman–Crippen LogP) is 7.29. The minimum Gasteiger partial charge on any atom is -0.488 e. The molecule has 0 spiro atoms. The molecule has 2 nitrogen and oxygen atoms in total. The van der Waals surface area contributed by atoms with Crippen LogP contribution in [-0.4, -0.2) is 0 Å². The standard InChI is InChI=1S/C22H14Cl3NO/c23-18-6-3-4-15(10-18)14-27-22-7-2-1-5-16(22)11-17(13-26)20-9-8-19(24)12-21(20)25/h1-12H,14H2/b17-11+. The Bertz CT molecular complexity index is 1040. The van der Waals surface area contributed by atoms with E-state index in [1.54, 1.807) is 24.3 Å². The first-order chi connectivity index (χ1) is 13.1. The third-order valence-corrected chi connectivity index (χ3v) is 4.63. The lowest BCUT2D eigenvalue weighted by molar-refractivity contribution is 0.305. The zero-order valence-electron chi connectivity index (χ0n) is 14.1. The van der Waals surface area contributed by atoms with Gasteiger partial charge in [-0.2, -0.15) is 5.26 Å². The van der Waals surface area contributed by atoms with Crippen molar-refractivity contribution in [2.24, 2.45) is 0 Å². The number of ether oxygens (including phenoxy) is 1. The van der Waals surface area contributed by atoms with Gasteiger partial charge >= 0.3 is 0 Å². The molecule has 5 heteroatoms. The van der Waals surface area contributed by atoms with Gasteiger partial charge < -0.3 is 4.74 Å². The largest absolute Gasteiger partial charge is 0.488 e. The highest BCUT2D eigenvalue weighted by Gasteiger charge is 2.09. The van der Waals surface area contributed by atoms with E-state index in [1.807, 2.05) is 48.5 Å². The van der Waals surface area contributed by atoms with Gasteiger partial charge in [-0.05, 0) is 42.0 Å². The second kappa shape index (κ2) is 8.97. The molecule has 0 bridgehead atoms. The molecule has 0 radical (unpaired) electrons. The Balaban J connectivity index is 1.90. The Labute approximate surface area is 173 Å². The monoisotopic (exact) mass is 413 g/mol. The summed E-state index contributed by atoms with van der Waals surface area (Å²) in [5.41, 5.74) is 2.79. The highest BCUT2D eigenvalue weighted by atomic mass is 35.5. The molecule has 0 atom stereocenters. The van der Waals surface area contributed by atoms with Crippen LogP contribution in [0.4, 0.5) is 0 Å². The summed E-state index contributed by atoms with van der Waals surface area (Å²) >= 11 is 18.2. The van der Waals surface area contributed by atoms with E-state index in [2.05, 4.69) is 6.07 Å². The summed E-state index contributed by atoms with van der Waals surface area (Å²) < 4.78 is 5.94. The zero-order valence-corrected chi connectivity index (χ0v) is 16.4. The minimum absolute atomic E-state index is 0.370. The molecule has 0 aromatic heterocycles. The Kier molecular flexibility index (Phi) is 6.42. The van der Waals surface area contributed by atoms with Crippen molar-refractivity contribution in [1.29, 1.82) is 5.26 Å². The second-order valence-electron chi connectivity index (χ2n) is 5.75. The maximum atomic E-state index is 9.60. The van der Waals surface area contributed by atoms with Crippen molar-refractivity contribution in [3.8, 4) is 11.8 Å². The number of nitrogens with zero attached hydrogens (tertiary/aromatic N) is 1. The SMILES string of the molecule is N#C/C(=C\c1ccccc1OCc1cccc(Cl)c1)c1ccc(Cl)cc1Cl. The fourth-order valence-corrected chi connectivity index (χ4v) is 3.28. The molecule has 0 saturated heterocycles. The average Bonchev–Trinajstić information content (AvgIpc) is 2.66. The second-order valence-corrected chi connectivity index (χ2v) is 7.03. The summed E-state index contributed by atoms with van der Waals surface area (Å²) in [4.78, 5) is 0. The molecule has 27 heavy (non-hydrogen) atoms. The number of benzene rings is 3. The molecule has 0 unspecified atom stereocenters. The van der Waals surface area contributed by atoms with Crippen LogP contribution in [0.15, 0.2) is 66.7 Å². The van der Waals surface area contributed by atoms with Crippen molar-refractivity contribution in [1.82, 2.24) is 0 Å². The Morgan fingerprint density at radius 1 is 0.926 bits per heavy atom. The lowest BCUT2D eigenvalue weighted by atomic mass is 10.0. The third kappa shape index (κ3) is 5.05. The number of hydrogen-bond donors (Lipinski definition) is 0. The Hall–Kier alpha value is -2.44. The van der Waals surface area contributed by atoms with E-state index in [0.29, 0.717) is 38.6 Å². The van der Waals surface area contributed by atoms with Crippen molar-refractivity contribution in [2.75, 3.05) is 0 Å². The molecular weight excluding hydrogens is 401 g/mol. The fourth-order valence-electron chi connectivity index (χ4n) is 2.55. The van der Waals surface area contributed by atoms with E-state index in [1.165, 1.54) is 0 Å². The van der Waals surface area contributed by atoms with Gasteiger partial charge in [0.05, 0.1) is 16.7 Å². The van der Waals surface area contributed by atoms with Crippen LogP contribution in [0.1, 0.15) is 16.7 Å². The number of para-hydroxylation sites is 1. The van der Waals surface area contributed by atoms with Gasteiger partial charge in [0.2, 0.25) is 0 Å². The van der Waals surface area contributed by atoms with Gasteiger partial charge in [0, 0.05) is 21.2 Å².